The molecule has 1 N–H and O–H groups in total. The minimum absolute atomic E-state index is 0.238. The molecule has 4 heteroatoms. The van der Waals surface area contributed by atoms with Gasteiger partial charge in [0.25, 0.3) is 0 Å². The summed E-state index contributed by atoms with van der Waals surface area (Å²) in [6, 6.07) is 6.44. The van der Waals surface area contributed by atoms with Gasteiger partial charge in [-0.3, -0.25) is 0 Å². The van der Waals surface area contributed by atoms with Crippen LogP contribution < -0.4 is 10.8 Å². The van der Waals surface area contributed by atoms with Crippen LogP contribution in [0.25, 0.3) is 0 Å². The van der Waals surface area contributed by atoms with E-state index in [9.17, 15) is 0 Å². The summed E-state index contributed by atoms with van der Waals surface area (Å²) >= 11 is 0. The number of nitrogens with one attached hydrogen (secondary N) is 1. The lowest BCUT2D eigenvalue weighted by Crippen LogP contribution is -2.41. The average molecular weight is 259 g/mol. The van der Waals surface area contributed by atoms with Crippen LogP contribution in [0.5, 0.6) is 0 Å². The van der Waals surface area contributed by atoms with Crippen LogP contribution in [0.4, 0.5) is 0 Å². The van der Waals surface area contributed by atoms with Crippen molar-refractivity contribution in [3.8, 4) is 0 Å². The SMILES string of the molecule is CC1(C)OB(c2cccc3c2CCNC3)OC1(C)C. The Balaban J connectivity index is 1.96. The first-order valence-corrected chi connectivity index (χ1v) is 7.08. The van der Waals surface area contributed by atoms with Crippen molar-refractivity contribution < 1.29 is 9.31 Å². The van der Waals surface area contributed by atoms with Gasteiger partial charge in [0.2, 0.25) is 0 Å². The van der Waals surface area contributed by atoms with Gasteiger partial charge in [0.05, 0.1) is 11.2 Å². The molecule has 1 saturated heterocycles. The highest BCUT2D eigenvalue weighted by atomic mass is 16.7. The topological polar surface area (TPSA) is 30.5 Å². The highest BCUT2D eigenvalue weighted by Crippen LogP contribution is 2.36. The first kappa shape index (κ1) is 13.2. The van der Waals surface area contributed by atoms with E-state index in [1.807, 2.05) is 0 Å². The summed E-state index contributed by atoms with van der Waals surface area (Å²) in [7, 11) is -0.238. The second-order valence-corrected chi connectivity index (χ2v) is 6.50. The molecule has 2 aliphatic heterocycles. The highest BCUT2D eigenvalue weighted by Gasteiger charge is 2.52. The molecule has 3 nitrogen and oxygen atoms in total. The van der Waals surface area contributed by atoms with Gasteiger partial charge in [-0.05, 0) is 57.3 Å². The second kappa shape index (κ2) is 4.34. The Morgan fingerprint density at radius 1 is 1.11 bits per heavy atom. The fraction of sp³-hybridized carbons (Fsp3) is 0.600. The summed E-state index contributed by atoms with van der Waals surface area (Å²) in [6.07, 6.45) is 1.05. The van der Waals surface area contributed by atoms with Crippen molar-refractivity contribution >= 4 is 12.6 Å². The summed E-state index contributed by atoms with van der Waals surface area (Å²) < 4.78 is 12.3. The van der Waals surface area contributed by atoms with E-state index in [0.29, 0.717) is 0 Å². The lowest BCUT2D eigenvalue weighted by molar-refractivity contribution is 0.00578. The lowest BCUT2D eigenvalue weighted by Gasteiger charge is -2.32. The van der Waals surface area contributed by atoms with Gasteiger partial charge in [0, 0.05) is 6.54 Å². The molecule has 0 spiro atoms. The zero-order chi connectivity index (χ0) is 13.7. The van der Waals surface area contributed by atoms with Gasteiger partial charge in [-0.2, -0.15) is 0 Å². The monoisotopic (exact) mass is 259 g/mol. The third kappa shape index (κ3) is 2.12. The number of hydrogen-bond donors (Lipinski definition) is 1. The first-order chi connectivity index (χ1) is 8.91. The third-order valence-corrected chi connectivity index (χ3v) is 4.68. The lowest BCUT2D eigenvalue weighted by atomic mass is 9.73. The van der Waals surface area contributed by atoms with Crippen molar-refractivity contribution in [3.63, 3.8) is 0 Å². The maximum Gasteiger partial charge on any atom is 0.495 e. The predicted molar refractivity (Wildman–Crippen MR) is 77.6 cm³/mol. The fourth-order valence-corrected chi connectivity index (χ4v) is 2.75. The van der Waals surface area contributed by atoms with E-state index in [1.54, 1.807) is 0 Å². The molecule has 3 rings (SSSR count). The molecule has 0 saturated carbocycles. The maximum absolute atomic E-state index is 6.17. The van der Waals surface area contributed by atoms with E-state index in [-0.39, 0.29) is 18.3 Å². The summed E-state index contributed by atoms with van der Waals surface area (Å²) in [5, 5.41) is 3.41. The fourth-order valence-electron chi connectivity index (χ4n) is 2.75. The highest BCUT2D eigenvalue weighted by molar-refractivity contribution is 6.62. The normalized spacial score (nSPS) is 24.3. The van der Waals surface area contributed by atoms with Gasteiger partial charge >= 0.3 is 7.12 Å². The molecular weight excluding hydrogens is 237 g/mol. The Kier molecular flexibility index (Phi) is 3.00. The Bertz CT molecular complexity index is 483. The molecule has 0 amide bonds. The van der Waals surface area contributed by atoms with Crippen LogP contribution in [0.2, 0.25) is 0 Å². The van der Waals surface area contributed by atoms with Crippen molar-refractivity contribution in [1.29, 1.82) is 0 Å². The average Bonchev–Trinajstić information content (AvgIpc) is 2.58. The number of rotatable bonds is 1. The van der Waals surface area contributed by atoms with E-state index in [0.717, 1.165) is 19.5 Å². The molecule has 0 radical (unpaired) electrons. The van der Waals surface area contributed by atoms with E-state index in [2.05, 4.69) is 51.2 Å². The molecule has 0 bridgehead atoms. The van der Waals surface area contributed by atoms with Gasteiger partial charge in [-0.15, -0.1) is 0 Å². The summed E-state index contributed by atoms with van der Waals surface area (Å²) in [4.78, 5) is 0. The second-order valence-electron chi connectivity index (χ2n) is 6.50. The summed E-state index contributed by atoms with van der Waals surface area (Å²) in [5.41, 5.74) is 3.44. The van der Waals surface area contributed by atoms with E-state index in [1.165, 1.54) is 16.6 Å². The Morgan fingerprint density at radius 2 is 1.79 bits per heavy atom. The molecule has 19 heavy (non-hydrogen) atoms. The van der Waals surface area contributed by atoms with Gasteiger partial charge < -0.3 is 14.6 Å². The van der Waals surface area contributed by atoms with Crippen LogP contribution in [-0.2, 0) is 22.3 Å². The Morgan fingerprint density at radius 3 is 2.47 bits per heavy atom. The third-order valence-electron chi connectivity index (χ3n) is 4.68. The standard InChI is InChI=1S/C15H22BNO2/c1-14(2)15(3,4)19-16(18-14)13-7-5-6-11-10-17-9-8-12(11)13/h5-7,17H,8-10H2,1-4H3. The van der Waals surface area contributed by atoms with E-state index < -0.39 is 0 Å². The first-order valence-electron chi connectivity index (χ1n) is 7.08. The van der Waals surface area contributed by atoms with Crippen LogP contribution in [0.1, 0.15) is 38.8 Å². The van der Waals surface area contributed by atoms with Crippen molar-refractivity contribution in [2.75, 3.05) is 6.54 Å². The van der Waals surface area contributed by atoms with Crippen LogP contribution >= 0.6 is 0 Å². The molecule has 0 aromatic heterocycles. The minimum Gasteiger partial charge on any atom is -0.399 e. The Hall–Kier alpha value is -0.835. The van der Waals surface area contributed by atoms with Crippen molar-refractivity contribution in [2.24, 2.45) is 0 Å². The number of benzene rings is 1. The molecule has 0 unspecified atom stereocenters. The van der Waals surface area contributed by atoms with Crippen molar-refractivity contribution in [3.05, 3.63) is 29.3 Å². The Labute approximate surface area is 115 Å². The van der Waals surface area contributed by atoms with Crippen molar-refractivity contribution in [2.45, 2.75) is 51.9 Å². The summed E-state index contributed by atoms with van der Waals surface area (Å²) in [6.45, 7) is 10.4. The molecule has 0 aliphatic carbocycles. The minimum atomic E-state index is -0.271. The molecule has 1 aromatic carbocycles. The van der Waals surface area contributed by atoms with Gasteiger partial charge in [0.15, 0.2) is 0 Å². The summed E-state index contributed by atoms with van der Waals surface area (Å²) in [5.74, 6) is 0. The zero-order valence-corrected chi connectivity index (χ0v) is 12.2. The molecule has 0 atom stereocenters. The number of hydrogen-bond acceptors (Lipinski definition) is 3. The molecule has 102 valence electrons. The van der Waals surface area contributed by atoms with Crippen LogP contribution in [-0.4, -0.2) is 24.9 Å². The molecule has 1 aromatic rings. The van der Waals surface area contributed by atoms with Crippen LogP contribution in [0.15, 0.2) is 18.2 Å². The van der Waals surface area contributed by atoms with Crippen LogP contribution in [0, 0.1) is 0 Å². The number of fused-ring (bicyclic) bond motifs is 1. The molecule has 2 heterocycles. The largest absolute Gasteiger partial charge is 0.495 e. The maximum atomic E-state index is 6.17. The van der Waals surface area contributed by atoms with Gasteiger partial charge in [0.1, 0.15) is 0 Å². The van der Waals surface area contributed by atoms with Crippen molar-refractivity contribution in [1.82, 2.24) is 5.32 Å². The molecule has 1 fully saturated rings. The van der Waals surface area contributed by atoms with E-state index >= 15 is 0 Å². The van der Waals surface area contributed by atoms with Gasteiger partial charge in [-0.1, -0.05) is 18.2 Å². The quantitative estimate of drug-likeness (QED) is 0.777. The van der Waals surface area contributed by atoms with Gasteiger partial charge in [-0.25, -0.2) is 0 Å². The van der Waals surface area contributed by atoms with E-state index in [4.69, 9.17) is 9.31 Å². The molecular formula is C15H22BNO2. The smallest absolute Gasteiger partial charge is 0.399 e. The predicted octanol–water partition coefficient (Wildman–Crippen LogP) is 1.63. The zero-order valence-electron chi connectivity index (χ0n) is 12.2. The van der Waals surface area contributed by atoms with Crippen LogP contribution in [0.3, 0.4) is 0 Å². The molecule has 2 aliphatic rings.